The summed E-state index contributed by atoms with van der Waals surface area (Å²) >= 11 is 0. The Morgan fingerprint density at radius 1 is 1.11 bits per heavy atom. The van der Waals surface area contributed by atoms with Gasteiger partial charge >= 0.3 is 0 Å². The van der Waals surface area contributed by atoms with Crippen molar-refractivity contribution in [2.24, 2.45) is 0 Å². The molecule has 1 atom stereocenters. The standard InChI is InChI=1S/C15H20N4/c16-11-13-1-3-14(4-2-13)18-7-9-19(10-8-18)15-5-6-17-12-15/h1-4,15,17H,5-10,12H2. The largest absolute Gasteiger partial charge is 0.369 e. The topological polar surface area (TPSA) is 42.3 Å². The predicted molar refractivity (Wildman–Crippen MR) is 76.2 cm³/mol. The second-order valence-corrected chi connectivity index (χ2v) is 5.33. The Kier molecular flexibility index (Phi) is 3.67. The van der Waals surface area contributed by atoms with E-state index >= 15 is 0 Å². The Bertz CT molecular complexity index is 448. The Hall–Kier alpha value is -1.57. The minimum absolute atomic E-state index is 0.736. The fourth-order valence-electron chi connectivity index (χ4n) is 3.04. The van der Waals surface area contributed by atoms with E-state index in [2.05, 4.69) is 33.3 Å². The van der Waals surface area contributed by atoms with Crippen LogP contribution in [0, 0.1) is 11.3 Å². The van der Waals surface area contributed by atoms with Gasteiger partial charge in [0.2, 0.25) is 0 Å². The Balaban J connectivity index is 1.58. The molecule has 4 heteroatoms. The lowest BCUT2D eigenvalue weighted by Gasteiger charge is -2.38. The molecule has 100 valence electrons. The van der Waals surface area contributed by atoms with Crippen LogP contribution in [0.5, 0.6) is 0 Å². The first kappa shape index (κ1) is 12.5. The molecular weight excluding hydrogens is 236 g/mol. The van der Waals surface area contributed by atoms with E-state index in [4.69, 9.17) is 5.26 Å². The zero-order valence-corrected chi connectivity index (χ0v) is 11.2. The Morgan fingerprint density at radius 2 is 1.84 bits per heavy atom. The average molecular weight is 256 g/mol. The third-order valence-electron chi connectivity index (χ3n) is 4.23. The van der Waals surface area contributed by atoms with Gasteiger partial charge in [-0.25, -0.2) is 0 Å². The van der Waals surface area contributed by atoms with Gasteiger partial charge in [0.25, 0.3) is 0 Å². The summed E-state index contributed by atoms with van der Waals surface area (Å²) in [4.78, 5) is 5.03. The minimum atomic E-state index is 0.736. The van der Waals surface area contributed by atoms with Crippen molar-refractivity contribution in [2.45, 2.75) is 12.5 Å². The SMILES string of the molecule is N#Cc1ccc(N2CCN(C3CCNC3)CC2)cc1. The molecule has 2 aliphatic rings. The Morgan fingerprint density at radius 3 is 2.42 bits per heavy atom. The van der Waals surface area contributed by atoms with Crippen LogP contribution in [0.25, 0.3) is 0 Å². The van der Waals surface area contributed by atoms with Gasteiger partial charge in [-0.15, -0.1) is 0 Å². The van der Waals surface area contributed by atoms with E-state index in [1.54, 1.807) is 0 Å². The van der Waals surface area contributed by atoms with Gasteiger partial charge in [-0.2, -0.15) is 5.26 Å². The highest BCUT2D eigenvalue weighted by molar-refractivity contribution is 5.50. The molecule has 0 amide bonds. The molecule has 2 aliphatic heterocycles. The van der Waals surface area contributed by atoms with E-state index in [-0.39, 0.29) is 0 Å². The highest BCUT2D eigenvalue weighted by Gasteiger charge is 2.25. The lowest BCUT2D eigenvalue weighted by molar-refractivity contribution is 0.196. The summed E-state index contributed by atoms with van der Waals surface area (Å²) in [5, 5.41) is 12.3. The van der Waals surface area contributed by atoms with Crippen LogP contribution >= 0.6 is 0 Å². The monoisotopic (exact) mass is 256 g/mol. The van der Waals surface area contributed by atoms with Gasteiger partial charge < -0.3 is 10.2 Å². The van der Waals surface area contributed by atoms with Gasteiger partial charge in [-0.3, -0.25) is 4.90 Å². The second kappa shape index (κ2) is 5.60. The third-order valence-corrected chi connectivity index (χ3v) is 4.23. The van der Waals surface area contributed by atoms with Crippen molar-refractivity contribution in [3.05, 3.63) is 29.8 Å². The number of rotatable bonds is 2. The van der Waals surface area contributed by atoms with Crippen molar-refractivity contribution in [3.63, 3.8) is 0 Å². The molecule has 0 bridgehead atoms. The maximum Gasteiger partial charge on any atom is 0.0991 e. The second-order valence-electron chi connectivity index (χ2n) is 5.33. The van der Waals surface area contributed by atoms with Gasteiger partial charge in [-0.05, 0) is 37.2 Å². The van der Waals surface area contributed by atoms with E-state index in [1.165, 1.54) is 18.7 Å². The maximum atomic E-state index is 8.82. The van der Waals surface area contributed by atoms with Crippen molar-refractivity contribution in [2.75, 3.05) is 44.2 Å². The van der Waals surface area contributed by atoms with Gasteiger partial charge in [-0.1, -0.05) is 0 Å². The average Bonchev–Trinajstić information content (AvgIpc) is 3.02. The zero-order chi connectivity index (χ0) is 13.1. The van der Waals surface area contributed by atoms with Crippen LogP contribution in [0.4, 0.5) is 5.69 Å². The van der Waals surface area contributed by atoms with Gasteiger partial charge in [0.15, 0.2) is 0 Å². The molecule has 19 heavy (non-hydrogen) atoms. The smallest absolute Gasteiger partial charge is 0.0991 e. The highest BCUT2D eigenvalue weighted by atomic mass is 15.3. The molecule has 1 aromatic rings. The Labute approximate surface area is 114 Å². The first-order valence-corrected chi connectivity index (χ1v) is 7.07. The third kappa shape index (κ3) is 2.73. The number of piperazine rings is 1. The fourth-order valence-corrected chi connectivity index (χ4v) is 3.04. The number of hydrogen-bond acceptors (Lipinski definition) is 4. The molecule has 2 fully saturated rings. The zero-order valence-electron chi connectivity index (χ0n) is 11.2. The summed E-state index contributed by atoms with van der Waals surface area (Å²) in [5.74, 6) is 0. The van der Waals surface area contributed by atoms with Crippen molar-refractivity contribution in [3.8, 4) is 6.07 Å². The molecule has 0 saturated carbocycles. The van der Waals surface area contributed by atoms with Crippen molar-refractivity contribution in [1.82, 2.24) is 10.2 Å². The van der Waals surface area contributed by atoms with Crippen LogP contribution < -0.4 is 10.2 Å². The summed E-state index contributed by atoms with van der Waals surface area (Å²) in [5.41, 5.74) is 1.97. The lowest BCUT2D eigenvalue weighted by Crippen LogP contribution is -2.51. The van der Waals surface area contributed by atoms with Gasteiger partial charge in [0, 0.05) is 44.5 Å². The minimum Gasteiger partial charge on any atom is -0.369 e. The van der Waals surface area contributed by atoms with Crippen LogP contribution in [0.2, 0.25) is 0 Å². The number of anilines is 1. The molecule has 0 aliphatic carbocycles. The molecule has 1 N–H and O–H groups in total. The summed E-state index contributed by atoms with van der Waals surface area (Å²) in [6.07, 6.45) is 1.29. The van der Waals surface area contributed by atoms with Crippen molar-refractivity contribution < 1.29 is 0 Å². The molecular formula is C15H20N4. The summed E-state index contributed by atoms with van der Waals surface area (Å²) in [7, 11) is 0. The maximum absolute atomic E-state index is 8.82. The van der Waals surface area contributed by atoms with Crippen LogP contribution in [0.3, 0.4) is 0 Å². The quantitative estimate of drug-likeness (QED) is 0.858. The molecule has 3 rings (SSSR count). The molecule has 4 nitrogen and oxygen atoms in total. The first-order valence-electron chi connectivity index (χ1n) is 7.07. The number of benzene rings is 1. The summed E-state index contributed by atoms with van der Waals surface area (Å²) < 4.78 is 0. The summed E-state index contributed by atoms with van der Waals surface area (Å²) in [6, 6.07) is 10.8. The first-order chi connectivity index (χ1) is 9.36. The van der Waals surface area contributed by atoms with Crippen molar-refractivity contribution >= 4 is 5.69 Å². The van der Waals surface area contributed by atoms with E-state index in [1.807, 2.05) is 12.1 Å². The van der Waals surface area contributed by atoms with Gasteiger partial charge in [0.05, 0.1) is 11.6 Å². The molecule has 0 radical (unpaired) electrons. The molecule has 0 aromatic heterocycles. The van der Waals surface area contributed by atoms with E-state index in [0.717, 1.165) is 44.3 Å². The normalized spacial score (nSPS) is 24.4. The number of nitrogens with zero attached hydrogens (tertiary/aromatic N) is 3. The van der Waals surface area contributed by atoms with E-state index in [0.29, 0.717) is 0 Å². The fraction of sp³-hybridized carbons (Fsp3) is 0.533. The number of nitriles is 1. The molecule has 2 heterocycles. The van der Waals surface area contributed by atoms with E-state index in [9.17, 15) is 0 Å². The van der Waals surface area contributed by atoms with Crippen molar-refractivity contribution in [1.29, 1.82) is 5.26 Å². The number of hydrogen-bond donors (Lipinski definition) is 1. The highest BCUT2D eigenvalue weighted by Crippen LogP contribution is 2.19. The van der Waals surface area contributed by atoms with Crippen LogP contribution in [0.1, 0.15) is 12.0 Å². The molecule has 0 spiro atoms. The van der Waals surface area contributed by atoms with Crippen LogP contribution in [-0.4, -0.2) is 50.2 Å². The lowest BCUT2D eigenvalue weighted by atomic mass is 10.1. The van der Waals surface area contributed by atoms with Gasteiger partial charge in [0.1, 0.15) is 0 Å². The molecule has 1 unspecified atom stereocenters. The molecule has 2 saturated heterocycles. The summed E-state index contributed by atoms with van der Waals surface area (Å²) in [6.45, 7) is 6.78. The van der Waals surface area contributed by atoms with E-state index < -0.39 is 0 Å². The van der Waals surface area contributed by atoms with Crippen LogP contribution in [-0.2, 0) is 0 Å². The van der Waals surface area contributed by atoms with Crippen LogP contribution in [0.15, 0.2) is 24.3 Å². The molecule has 1 aromatic carbocycles. The predicted octanol–water partition coefficient (Wildman–Crippen LogP) is 1.04. The number of nitrogens with one attached hydrogen (secondary N) is 1.